The monoisotopic (exact) mass is 344 g/mol. The van der Waals surface area contributed by atoms with Crippen molar-refractivity contribution in [1.82, 2.24) is 5.32 Å². The van der Waals surface area contributed by atoms with Crippen LogP contribution in [0.1, 0.15) is 54.9 Å². The molecule has 6 nitrogen and oxygen atoms in total. The van der Waals surface area contributed by atoms with Gasteiger partial charge in [0.1, 0.15) is 5.54 Å². The molecule has 0 saturated heterocycles. The largest absolute Gasteiger partial charge is 0.449 e. The van der Waals surface area contributed by atoms with Crippen LogP contribution in [-0.4, -0.2) is 30.6 Å². The molecule has 1 aromatic carbocycles. The van der Waals surface area contributed by atoms with Crippen LogP contribution in [0.15, 0.2) is 24.3 Å². The van der Waals surface area contributed by atoms with E-state index < -0.39 is 23.5 Å². The lowest BCUT2D eigenvalue weighted by atomic mass is 9.83. The maximum atomic E-state index is 12.4. The van der Waals surface area contributed by atoms with Crippen LogP contribution in [-0.2, 0) is 20.9 Å². The fourth-order valence-electron chi connectivity index (χ4n) is 2.99. The van der Waals surface area contributed by atoms with Crippen LogP contribution in [0.5, 0.6) is 0 Å². The number of carbonyl (C=O) groups excluding carboxylic acids is 2. The van der Waals surface area contributed by atoms with Gasteiger partial charge in [0, 0.05) is 7.11 Å². The highest BCUT2D eigenvalue weighted by atomic mass is 16.5. The van der Waals surface area contributed by atoms with Crippen molar-refractivity contribution in [3.05, 3.63) is 35.4 Å². The van der Waals surface area contributed by atoms with E-state index in [1.54, 1.807) is 25.3 Å². The van der Waals surface area contributed by atoms with Crippen molar-refractivity contribution in [1.29, 1.82) is 5.26 Å². The van der Waals surface area contributed by atoms with Crippen LogP contribution in [0.2, 0.25) is 0 Å². The Morgan fingerprint density at radius 2 is 2.04 bits per heavy atom. The van der Waals surface area contributed by atoms with E-state index in [1.807, 2.05) is 6.07 Å². The molecular formula is C19H24N2O4. The highest BCUT2D eigenvalue weighted by molar-refractivity contribution is 5.92. The third kappa shape index (κ3) is 5.04. The number of hydrogen-bond acceptors (Lipinski definition) is 5. The second kappa shape index (κ2) is 8.63. The lowest BCUT2D eigenvalue weighted by Crippen LogP contribution is -2.52. The van der Waals surface area contributed by atoms with Gasteiger partial charge in [0.15, 0.2) is 6.10 Å². The summed E-state index contributed by atoms with van der Waals surface area (Å²) in [4.78, 5) is 24.6. The highest BCUT2D eigenvalue weighted by Gasteiger charge is 2.35. The number of nitrogens with zero attached hydrogens (tertiary/aromatic N) is 1. The Kier molecular flexibility index (Phi) is 6.54. The average molecular weight is 344 g/mol. The summed E-state index contributed by atoms with van der Waals surface area (Å²) in [6.07, 6.45) is 3.19. The molecule has 1 atom stereocenters. The molecule has 0 bridgehead atoms. The fourth-order valence-corrected chi connectivity index (χ4v) is 2.99. The minimum Gasteiger partial charge on any atom is -0.449 e. The van der Waals surface area contributed by atoms with Crippen LogP contribution in [0, 0.1) is 11.3 Å². The summed E-state index contributed by atoms with van der Waals surface area (Å²) in [5.41, 5.74) is 0.371. The van der Waals surface area contributed by atoms with Crippen molar-refractivity contribution in [3.8, 4) is 6.07 Å². The van der Waals surface area contributed by atoms with E-state index in [4.69, 9.17) is 9.47 Å². The maximum Gasteiger partial charge on any atom is 0.338 e. The van der Waals surface area contributed by atoms with Gasteiger partial charge < -0.3 is 14.8 Å². The molecule has 1 aliphatic rings. The molecule has 1 saturated carbocycles. The number of methoxy groups -OCH3 is 1. The number of nitriles is 1. The van der Waals surface area contributed by atoms with Gasteiger partial charge in [0.05, 0.1) is 18.2 Å². The quantitative estimate of drug-likeness (QED) is 0.802. The Balaban J connectivity index is 1.97. The molecule has 0 spiro atoms. The van der Waals surface area contributed by atoms with Gasteiger partial charge in [-0.2, -0.15) is 5.26 Å². The molecular weight excluding hydrogens is 320 g/mol. The number of nitrogens with one attached hydrogen (secondary N) is 1. The van der Waals surface area contributed by atoms with Gasteiger partial charge in [-0.3, -0.25) is 4.79 Å². The van der Waals surface area contributed by atoms with Crippen LogP contribution in [0.4, 0.5) is 0 Å². The Morgan fingerprint density at radius 1 is 1.32 bits per heavy atom. The third-order valence-electron chi connectivity index (χ3n) is 4.41. The number of esters is 1. The first-order valence-corrected chi connectivity index (χ1v) is 8.52. The van der Waals surface area contributed by atoms with E-state index in [-0.39, 0.29) is 0 Å². The van der Waals surface area contributed by atoms with Crippen molar-refractivity contribution in [3.63, 3.8) is 0 Å². The highest BCUT2D eigenvalue weighted by Crippen LogP contribution is 2.27. The van der Waals surface area contributed by atoms with E-state index in [9.17, 15) is 14.9 Å². The van der Waals surface area contributed by atoms with Crippen LogP contribution in [0.25, 0.3) is 0 Å². The molecule has 6 heteroatoms. The number of amides is 1. The van der Waals surface area contributed by atoms with Gasteiger partial charge in [-0.05, 0) is 37.5 Å². The summed E-state index contributed by atoms with van der Waals surface area (Å²) in [7, 11) is 1.58. The predicted octanol–water partition coefficient (Wildman–Crippen LogP) is 2.72. The van der Waals surface area contributed by atoms with E-state index in [0.29, 0.717) is 25.0 Å². The lowest BCUT2D eigenvalue weighted by molar-refractivity contribution is -0.130. The van der Waals surface area contributed by atoms with Crippen LogP contribution in [0.3, 0.4) is 0 Å². The summed E-state index contributed by atoms with van der Waals surface area (Å²) in [5, 5.41) is 12.2. The van der Waals surface area contributed by atoms with Crippen molar-refractivity contribution in [2.24, 2.45) is 0 Å². The molecule has 1 N–H and O–H groups in total. The molecule has 1 aliphatic carbocycles. The first-order chi connectivity index (χ1) is 12.0. The summed E-state index contributed by atoms with van der Waals surface area (Å²) < 4.78 is 10.3. The fraction of sp³-hybridized carbons (Fsp3) is 0.526. The van der Waals surface area contributed by atoms with Crippen molar-refractivity contribution < 1.29 is 19.1 Å². The zero-order valence-corrected chi connectivity index (χ0v) is 14.7. The maximum absolute atomic E-state index is 12.4. The number of rotatable bonds is 6. The minimum absolute atomic E-state index is 0.363. The van der Waals surface area contributed by atoms with Gasteiger partial charge >= 0.3 is 5.97 Å². The molecule has 2 rings (SSSR count). The second-order valence-electron chi connectivity index (χ2n) is 6.42. The Bertz CT molecular complexity index is 660. The van der Waals surface area contributed by atoms with Crippen molar-refractivity contribution in [2.75, 3.05) is 7.11 Å². The average Bonchev–Trinajstić information content (AvgIpc) is 2.63. The standard InChI is InChI=1S/C19H24N2O4/c1-14(17(22)21-19(13-20)9-4-3-5-10-19)25-18(23)16-8-6-7-15(11-16)12-24-2/h6-8,11,14H,3-5,9-10,12H2,1-2H3,(H,21,22). The zero-order valence-electron chi connectivity index (χ0n) is 14.7. The molecule has 134 valence electrons. The Morgan fingerprint density at radius 3 is 2.68 bits per heavy atom. The number of carbonyl (C=O) groups is 2. The molecule has 0 aliphatic heterocycles. The summed E-state index contributed by atoms with van der Waals surface area (Å²) >= 11 is 0. The number of benzene rings is 1. The predicted molar refractivity (Wildman–Crippen MR) is 91.6 cm³/mol. The van der Waals surface area contributed by atoms with Gasteiger partial charge in [-0.15, -0.1) is 0 Å². The molecule has 0 radical (unpaired) electrons. The molecule has 1 fully saturated rings. The Labute approximate surface area is 148 Å². The lowest BCUT2D eigenvalue weighted by Gasteiger charge is -2.32. The summed E-state index contributed by atoms with van der Waals surface area (Å²) in [6.45, 7) is 1.90. The summed E-state index contributed by atoms with van der Waals surface area (Å²) in [5.74, 6) is -1.01. The van der Waals surface area contributed by atoms with Gasteiger partial charge in [-0.1, -0.05) is 31.4 Å². The van der Waals surface area contributed by atoms with E-state index >= 15 is 0 Å². The normalized spacial score (nSPS) is 17.2. The molecule has 1 aromatic rings. The number of ether oxygens (including phenoxy) is 2. The molecule has 0 aromatic heterocycles. The van der Waals surface area contributed by atoms with Gasteiger partial charge in [-0.25, -0.2) is 4.79 Å². The van der Waals surface area contributed by atoms with Gasteiger partial charge in [0.2, 0.25) is 0 Å². The zero-order chi connectivity index (χ0) is 18.3. The third-order valence-corrected chi connectivity index (χ3v) is 4.41. The molecule has 1 unspecified atom stereocenters. The molecule has 25 heavy (non-hydrogen) atoms. The van der Waals surface area contributed by atoms with E-state index in [2.05, 4.69) is 11.4 Å². The minimum atomic E-state index is -0.967. The van der Waals surface area contributed by atoms with Crippen LogP contribution < -0.4 is 5.32 Å². The first-order valence-electron chi connectivity index (χ1n) is 8.52. The molecule has 1 amide bonds. The van der Waals surface area contributed by atoms with E-state index in [0.717, 1.165) is 24.8 Å². The van der Waals surface area contributed by atoms with Gasteiger partial charge in [0.25, 0.3) is 5.91 Å². The summed E-state index contributed by atoms with van der Waals surface area (Å²) in [6, 6.07) is 9.11. The van der Waals surface area contributed by atoms with Crippen molar-refractivity contribution in [2.45, 2.75) is 57.3 Å². The topological polar surface area (TPSA) is 88.4 Å². The smallest absolute Gasteiger partial charge is 0.338 e. The second-order valence-corrected chi connectivity index (χ2v) is 6.42. The van der Waals surface area contributed by atoms with Crippen LogP contribution >= 0.6 is 0 Å². The first kappa shape index (κ1) is 18.9. The SMILES string of the molecule is COCc1cccc(C(=O)OC(C)C(=O)NC2(C#N)CCCCC2)c1. The van der Waals surface area contributed by atoms with Crippen molar-refractivity contribution >= 4 is 11.9 Å². The number of hydrogen-bond donors (Lipinski definition) is 1. The molecule has 0 heterocycles. The Hall–Kier alpha value is -2.39. The van der Waals surface area contributed by atoms with E-state index in [1.165, 1.54) is 6.92 Å².